The van der Waals surface area contributed by atoms with Gasteiger partial charge in [0.25, 0.3) is 5.91 Å². The summed E-state index contributed by atoms with van der Waals surface area (Å²) in [5, 5.41) is 1.01. The molecule has 6 rings (SSSR count). The van der Waals surface area contributed by atoms with Crippen molar-refractivity contribution >= 4 is 22.8 Å². The molecular formula is C35H37N5O2. The van der Waals surface area contributed by atoms with E-state index < -0.39 is 0 Å². The number of nitrogens with zero attached hydrogens (tertiary/aromatic N) is 5. The zero-order valence-electron chi connectivity index (χ0n) is 24.7. The van der Waals surface area contributed by atoms with Gasteiger partial charge in [-0.2, -0.15) is 0 Å². The number of hydrogen-bond acceptors (Lipinski definition) is 5. The molecule has 1 aliphatic rings. The highest BCUT2D eigenvalue weighted by Crippen LogP contribution is 2.37. The van der Waals surface area contributed by atoms with Crippen LogP contribution in [0.4, 0.5) is 5.82 Å². The van der Waals surface area contributed by atoms with Crippen LogP contribution in [-0.4, -0.2) is 58.1 Å². The summed E-state index contributed by atoms with van der Waals surface area (Å²) in [6.45, 7) is 11.8. The van der Waals surface area contributed by atoms with Gasteiger partial charge in [0.15, 0.2) is 5.65 Å². The fourth-order valence-electron chi connectivity index (χ4n) is 5.61. The number of hydrogen-bond donors (Lipinski definition) is 0. The zero-order valence-corrected chi connectivity index (χ0v) is 24.7. The van der Waals surface area contributed by atoms with Crippen LogP contribution in [0.2, 0.25) is 0 Å². The fraction of sp³-hybridized carbons (Fsp3) is 0.286. The van der Waals surface area contributed by atoms with E-state index in [-0.39, 0.29) is 11.3 Å². The number of carbonyl (C=O) groups is 1. The van der Waals surface area contributed by atoms with Gasteiger partial charge in [-0.25, -0.2) is 9.97 Å². The predicted molar refractivity (Wildman–Crippen MR) is 169 cm³/mol. The SMILES string of the molecule is CCOc1ccc(-n2cc(-c3ccccc3)c3c(N4CCN(C(=O)c5ccc(C(C)(C)C)cc5)CC4)ncnc32)cc1. The van der Waals surface area contributed by atoms with Gasteiger partial charge in [-0.3, -0.25) is 4.79 Å². The number of aromatic nitrogens is 3. The lowest BCUT2D eigenvalue weighted by Gasteiger charge is -2.35. The first-order valence-electron chi connectivity index (χ1n) is 14.6. The molecule has 5 aromatic rings. The van der Waals surface area contributed by atoms with Gasteiger partial charge in [0.1, 0.15) is 17.9 Å². The number of anilines is 1. The molecule has 1 saturated heterocycles. The van der Waals surface area contributed by atoms with Crippen LogP contribution in [0.3, 0.4) is 0 Å². The Morgan fingerprint density at radius 3 is 2.19 bits per heavy atom. The summed E-state index contributed by atoms with van der Waals surface area (Å²) in [6, 6.07) is 26.5. The molecule has 42 heavy (non-hydrogen) atoms. The van der Waals surface area contributed by atoms with Crippen LogP contribution < -0.4 is 9.64 Å². The van der Waals surface area contributed by atoms with Crippen molar-refractivity contribution in [3.63, 3.8) is 0 Å². The Morgan fingerprint density at radius 2 is 1.55 bits per heavy atom. The van der Waals surface area contributed by atoms with Crippen molar-refractivity contribution in [1.82, 2.24) is 19.4 Å². The summed E-state index contributed by atoms with van der Waals surface area (Å²) in [6.07, 6.45) is 3.79. The van der Waals surface area contributed by atoms with E-state index in [1.54, 1.807) is 6.33 Å². The highest BCUT2D eigenvalue weighted by atomic mass is 16.5. The van der Waals surface area contributed by atoms with Crippen LogP contribution in [0.5, 0.6) is 5.75 Å². The van der Waals surface area contributed by atoms with Gasteiger partial charge in [-0.1, -0.05) is 63.2 Å². The number of ether oxygens (including phenoxy) is 1. The molecule has 1 amide bonds. The largest absolute Gasteiger partial charge is 0.494 e. The van der Waals surface area contributed by atoms with Crippen LogP contribution in [-0.2, 0) is 5.41 Å². The number of benzene rings is 3. The minimum atomic E-state index is 0.0561. The minimum absolute atomic E-state index is 0.0561. The van der Waals surface area contributed by atoms with Crippen molar-refractivity contribution in [2.24, 2.45) is 0 Å². The molecule has 3 aromatic carbocycles. The van der Waals surface area contributed by atoms with Crippen molar-refractivity contribution in [1.29, 1.82) is 0 Å². The Hall–Kier alpha value is -4.65. The Bertz CT molecular complexity index is 1680. The molecule has 7 heteroatoms. The molecule has 0 bridgehead atoms. The van der Waals surface area contributed by atoms with E-state index in [4.69, 9.17) is 14.7 Å². The molecule has 0 atom stereocenters. The third-order valence-corrected chi connectivity index (χ3v) is 7.94. The normalized spacial score (nSPS) is 13.9. The molecule has 0 unspecified atom stereocenters. The van der Waals surface area contributed by atoms with E-state index in [9.17, 15) is 4.79 Å². The summed E-state index contributed by atoms with van der Waals surface area (Å²) < 4.78 is 7.78. The third-order valence-electron chi connectivity index (χ3n) is 7.94. The van der Waals surface area contributed by atoms with Crippen LogP contribution in [0.1, 0.15) is 43.6 Å². The third kappa shape index (κ3) is 5.34. The molecule has 3 heterocycles. The second-order valence-electron chi connectivity index (χ2n) is 11.7. The maximum atomic E-state index is 13.4. The lowest BCUT2D eigenvalue weighted by Crippen LogP contribution is -2.49. The lowest BCUT2D eigenvalue weighted by atomic mass is 9.86. The Morgan fingerprint density at radius 1 is 0.857 bits per heavy atom. The summed E-state index contributed by atoms with van der Waals surface area (Å²) in [5.74, 6) is 1.81. The topological polar surface area (TPSA) is 63.5 Å². The van der Waals surface area contributed by atoms with E-state index in [0.29, 0.717) is 32.8 Å². The fourth-order valence-corrected chi connectivity index (χ4v) is 5.61. The average Bonchev–Trinajstić information content (AvgIpc) is 3.41. The predicted octanol–water partition coefficient (Wildman–Crippen LogP) is 6.75. The molecular weight excluding hydrogens is 522 g/mol. The summed E-state index contributed by atoms with van der Waals surface area (Å²) in [7, 11) is 0. The molecule has 0 saturated carbocycles. The minimum Gasteiger partial charge on any atom is -0.494 e. The summed E-state index contributed by atoms with van der Waals surface area (Å²) in [5.41, 5.74) is 6.05. The highest BCUT2D eigenvalue weighted by molar-refractivity contribution is 6.02. The van der Waals surface area contributed by atoms with Gasteiger partial charge in [0.2, 0.25) is 0 Å². The maximum absolute atomic E-state index is 13.4. The van der Waals surface area contributed by atoms with Crippen molar-refractivity contribution in [2.75, 3.05) is 37.7 Å². The highest BCUT2D eigenvalue weighted by Gasteiger charge is 2.27. The van der Waals surface area contributed by atoms with Crippen LogP contribution in [0.25, 0.3) is 27.8 Å². The van der Waals surface area contributed by atoms with Crippen molar-refractivity contribution in [3.8, 4) is 22.6 Å². The monoisotopic (exact) mass is 559 g/mol. The van der Waals surface area contributed by atoms with Crippen molar-refractivity contribution in [2.45, 2.75) is 33.1 Å². The smallest absolute Gasteiger partial charge is 0.253 e. The molecule has 7 nitrogen and oxygen atoms in total. The van der Waals surface area contributed by atoms with Gasteiger partial charge in [-0.05, 0) is 59.9 Å². The first kappa shape index (κ1) is 27.5. The second-order valence-corrected chi connectivity index (χ2v) is 11.7. The van der Waals surface area contributed by atoms with Crippen LogP contribution in [0.15, 0.2) is 91.4 Å². The maximum Gasteiger partial charge on any atom is 0.253 e. The molecule has 1 fully saturated rings. The number of carbonyl (C=O) groups excluding carboxylic acids is 1. The van der Waals surface area contributed by atoms with E-state index >= 15 is 0 Å². The quantitative estimate of drug-likeness (QED) is 0.230. The van der Waals surface area contributed by atoms with Crippen molar-refractivity contribution in [3.05, 3.63) is 103 Å². The van der Waals surface area contributed by atoms with Crippen LogP contribution >= 0.6 is 0 Å². The number of rotatable bonds is 6. The first-order valence-corrected chi connectivity index (χ1v) is 14.6. The molecule has 0 aliphatic carbocycles. The number of piperazine rings is 1. The van der Waals surface area contributed by atoms with Crippen LogP contribution in [0, 0.1) is 0 Å². The summed E-state index contributed by atoms with van der Waals surface area (Å²) in [4.78, 5) is 27.1. The Balaban J connectivity index is 1.30. The van der Waals surface area contributed by atoms with E-state index in [0.717, 1.165) is 45.0 Å². The van der Waals surface area contributed by atoms with E-state index in [1.165, 1.54) is 5.56 Å². The molecule has 214 valence electrons. The van der Waals surface area contributed by atoms with Gasteiger partial charge in [0, 0.05) is 49.2 Å². The molecule has 2 aromatic heterocycles. The van der Waals surface area contributed by atoms with Gasteiger partial charge < -0.3 is 19.1 Å². The van der Waals surface area contributed by atoms with Gasteiger partial charge in [-0.15, -0.1) is 0 Å². The lowest BCUT2D eigenvalue weighted by molar-refractivity contribution is 0.0746. The van der Waals surface area contributed by atoms with E-state index in [2.05, 4.69) is 85.0 Å². The average molecular weight is 560 g/mol. The van der Waals surface area contributed by atoms with Gasteiger partial charge >= 0.3 is 0 Å². The second kappa shape index (κ2) is 11.3. The summed E-state index contributed by atoms with van der Waals surface area (Å²) >= 11 is 0. The number of fused-ring (bicyclic) bond motifs is 1. The molecule has 0 radical (unpaired) electrons. The molecule has 0 N–H and O–H groups in total. The Labute approximate surface area is 247 Å². The van der Waals surface area contributed by atoms with E-state index in [1.807, 2.05) is 42.2 Å². The molecule has 0 spiro atoms. The number of amides is 1. The molecule has 1 aliphatic heterocycles. The van der Waals surface area contributed by atoms with Crippen molar-refractivity contribution < 1.29 is 9.53 Å². The zero-order chi connectivity index (χ0) is 29.3. The first-order chi connectivity index (χ1) is 20.3. The van der Waals surface area contributed by atoms with Gasteiger partial charge in [0.05, 0.1) is 12.0 Å². The Kier molecular flexibility index (Phi) is 7.42. The standard InChI is InChI=1S/C35H37N5O2/c1-5-42-29-17-15-28(16-18-29)40-23-30(25-9-7-6-8-10-25)31-32(36-24-37-33(31)40)38-19-21-39(22-20-38)34(41)26-11-13-27(14-12-26)35(2,3)4/h6-18,23-24H,5,19-22H2,1-4H3.